The first-order valence-electron chi connectivity index (χ1n) is 9.44. The molecule has 0 N–H and O–H groups in total. The summed E-state index contributed by atoms with van der Waals surface area (Å²) in [5.41, 5.74) is 1.42. The van der Waals surface area contributed by atoms with Crippen molar-refractivity contribution < 1.29 is 17.9 Å². The summed E-state index contributed by atoms with van der Waals surface area (Å²) in [6.07, 6.45) is -2.29. The number of rotatable bonds is 5. The van der Waals surface area contributed by atoms with Crippen molar-refractivity contribution in [2.75, 3.05) is 33.7 Å². The molecule has 0 unspecified atom stereocenters. The summed E-state index contributed by atoms with van der Waals surface area (Å²) in [6, 6.07) is 6.88. The van der Waals surface area contributed by atoms with Crippen LogP contribution in [0.1, 0.15) is 24.0 Å². The Kier molecular flexibility index (Phi) is 4.56. The van der Waals surface area contributed by atoms with Gasteiger partial charge < -0.3 is 9.64 Å². The summed E-state index contributed by atoms with van der Waals surface area (Å²) >= 11 is 0. The highest BCUT2D eigenvalue weighted by Crippen LogP contribution is 2.55. The van der Waals surface area contributed by atoms with Crippen molar-refractivity contribution in [1.82, 2.24) is 9.80 Å². The Bertz CT molecular complexity index is 645. The Labute approximate surface area is 153 Å². The van der Waals surface area contributed by atoms with Gasteiger partial charge in [0.2, 0.25) is 0 Å². The van der Waals surface area contributed by atoms with Crippen LogP contribution < -0.4 is 0 Å². The van der Waals surface area contributed by atoms with Gasteiger partial charge >= 0.3 is 6.18 Å². The quantitative estimate of drug-likeness (QED) is 0.793. The van der Waals surface area contributed by atoms with E-state index >= 15 is 0 Å². The summed E-state index contributed by atoms with van der Waals surface area (Å²) in [5, 5.41) is 0. The van der Waals surface area contributed by atoms with Crippen LogP contribution in [0.15, 0.2) is 24.3 Å². The van der Waals surface area contributed by atoms with E-state index in [4.69, 9.17) is 4.74 Å². The van der Waals surface area contributed by atoms with Crippen molar-refractivity contribution in [3.05, 3.63) is 35.4 Å². The Balaban J connectivity index is 1.40. The van der Waals surface area contributed by atoms with Crippen LogP contribution in [0.25, 0.3) is 0 Å². The average Bonchev–Trinajstić information content (AvgIpc) is 3.17. The lowest BCUT2D eigenvalue weighted by Gasteiger charge is -2.31. The van der Waals surface area contributed by atoms with Crippen LogP contribution in [-0.4, -0.2) is 61.4 Å². The molecule has 1 aromatic carbocycles. The highest BCUT2D eigenvalue weighted by atomic mass is 19.4. The summed E-state index contributed by atoms with van der Waals surface area (Å²) in [5.74, 6) is 1.17. The van der Waals surface area contributed by atoms with Gasteiger partial charge in [-0.2, -0.15) is 13.2 Å². The van der Waals surface area contributed by atoms with E-state index in [9.17, 15) is 13.2 Å². The molecule has 4 atom stereocenters. The van der Waals surface area contributed by atoms with E-state index in [0.29, 0.717) is 23.5 Å². The van der Waals surface area contributed by atoms with Crippen molar-refractivity contribution in [2.45, 2.75) is 43.7 Å². The Hall–Kier alpha value is -1.11. The third-order valence-corrected chi connectivity index (χ3v) is 6.26. The highest BCUT2D eigenvalue weighted by Gasteiger charge is 2.62. The fraction of sp³-hybridized carbons (Fsp3) is 0.700. The number of halogens is 3. The molecular weight excluding hydrogens is 341 g/mol. The van der Waals surface area contributed by atoms with Crippen LogP contribution in [-0.2, 0) is 17.7 Å². The first kappa shape index (κ1) is 18.3. The van der Waals surface area contributed by atoms with E-state index in [2.05, 4.69) is 23.9 Å². The van der Waals surface area contributed by atoms with Crippen molar-refractivity contribution >= 4 is 0 Å². The van der Waals surface area contributed by atoms with Crippen molar-refractivity contribution in [3.8, 4) is 0 Å². The molecule has 2 bridgehead atoms. The number of fused-ring (bicyclic) bond motifs is 1. The molecule has 3 aliphatic heterocycles. The van der Waals surface area contributed by atoms with Gasteiger partial charge in [0.15, 0.2) is 0 Å². The summed E-state index contributed by atoms with van der Waals surface area (Å²) in [7, 11) is 4.24. The number of alkyl halides is 3. The zero-order valence-electron chi connectivity index (χ0n) is 15.4. The van der Waals surface area contributed by atoms with Crippen molar-refractivity contribution in [1.29, 1.82) is 0 Å². The van der Waals surface area contributed by atoms with E-state index in [1.54, 1.807) is 12.1 Å². The van der Waals surface area contributed by atoms with Crippen LogP contribution in [0.3, 0.4) is 0 Å². The van der Waals surface area contributed by atoms with Gasteiger partial charge in [-0.1, -0.05) is 24.3 Å². The summed E-state index contributed by atoms with van der Waals surface area (Å²) in [4.78, 5) is 4.68. The zero-order chi connectivity index (χ0) is 18.5. The SMILES string of the molecule is CN(C)C[C@H]1[C@H]2CN(Cc3ccc(CC(F)(F)F)cc3)C[C@]23CC[C@H]1O3. The van der Waals surface area contributed by atoms with Gasteiger partial charge in [0.1, 0.15) is 0 Å². The average molecular weight is 368 g/mol. The highest BCUT2D eigenvalue weighted by molar-refractivity contribution is 5.24. The van der Waals surface area contributed by atoms with Gasteiger partial charge in [0.05, 0.1) is 18.1 Å². The number of benzene rings is 1. The number of likely N-dealkylation sites (tertiary alicyclic amines) is 1. The van der Waals surface area contributed by atoms with Gasteiger partial charge in [-0.25, -0.2) is 0 Å². The molecule has 0 amide bonds. The van der Waals surface area contributed by atoms with E-state index in [1.165, 1.54) is 0 Å². The number of hydrogen-bond donors (Lipinski definition) is 0. The van der Waals surface area contributed by atoms with Crippen molar-refractivity contribution in [2.24, 2.45) is 11.8 Å². The Morgan fingerprint density at radius 2 is 1.88 bits per heavy atom. The first-order chi connectivity index (χ1) is 12.2. The third kappa shape index (κ3) is 3.51. The second-order valence-electron chi connectivity index (χ2n) is 8.57. The predicted octanol–water partition coefficient (Wildman–Crippen LogP) is 3.33. The van der Waals surface area contributed by atoms with Gasteiger partial charge in [0, 0.05) is 38.0 Å². The van der Waals surface area contributed by atoms with Crippen LogP contribution in [0.2, 0.25) is 0 Å². The van der Waals surface area contributed by atoms with Gasteiger partial charge in [0.25, 0.3) is 0 Å². The molecule has 3 saturated heterocycles. The first-order valence-corrected chi connectivity index (χ1v) is 9.44. The van der Waals surface area contributed by atoms with E-state index in [-0.39, 0.29) is 5.60 Å². The van der Waals surface area contributed by atoms with Gasteiger partial charge in [-0.3, -0.25) is 4.90 Å². The molecular formula is C20H27F3N2O. The number of hydrogen-bond acceptors (Lipinski definition) is 3. The maximum atomic E-state index is 12.5. The van der Waals surface area contributed by atoms with Crippen LogP contribution in [0.4, 0.5) is 13.2 Å². The lowest BCUT2D eigenvalue weighted by Crippen LogP contribution is -2.40. The molecule has 1 aromatic rings. The monoisotopic (exact) mass is 368 g/mol. The molecule has 1 spiro atoms. The minimum atomic E-state index is -4.15. The molecule has 0 aromatic heterocycles. The molecule has 3 heterocycles. The molecule has 0 saturated carbocycles. The molecule has 3 aliphatic rings. The Morgan fingerprint density at radius 3 is 2.54 bits per heavy atom. The van der Waals surface area contributed by atoms with E-state index < -0.39 is 12.6 Å². The topological polar surface area (TPSA) is 15.7 Å². The van der Waals surface area contributed by atoms with E-state index in [0.717, 1.165) is 44.6 Å². The lowest BCUT2D eigenvalue weighted by atomic mass is 9.73. The van der Waals surface area contributed by atoms with Crippen LogP contribution >= 0.6 is 0 Å². The molecule has 26 heavy (non-hydrogen) atoms. The fourth-order valence-corrected chi connectivity index (χ4v) is 5.33. The van der Waals surface area contributed by atoms with Gasteiger partial charge in [-0.15, -0.1) is 0 Å². The number of nitrogens with zero attached hydrogens (tertiary/aromatic N) is 2. The smallest absolute Gasteiger partial charge is 0.370 e. The minimum absolute atomic E-state index is 0.0154. The van der Waals surface area contributed by atoms with Gasteiger partial charge in [-0.05, 0) is 38.1 Å². The molecule has 4 rings (SSSR count). The molecule has 3 nitrogen and oxygen atoms in total. The molecule has 0 radical (unpaired) electrons. The zero-order valence-corrected chi connectivity index (χ0v) is 15.4. The second-order valence-corrected chi connectivity index (χ2v) is 8.57. The van der Waals surface area contributed by atoms with Crippen LogP contribution in [0, 0.1) is 11.8 Å². The summed E-state index contributed by atoms with van der Waals surface area (Å²) in [6.45, 7) is 3.83. The predicted molar refractivity (Wildman–Crippen MR) is 93.9 cm³/mol. The van der Waals surface area contributed by atoms with Crippen LogP contribution in [0.5, 0.6) is 0 Å². The maximum Gasteiger partial charge on any atom is 0.393 e. The molecule has 144 valence electrons. The third-order valence-electron chi connectivity index (χ3n) is 6.26. The summed E-state index contributed by atoms with van der Waals surface area (Å²) < 4.78 is 43.9. The number of ether oxygens (including phenoxy) is 1. The lowest BCUT2D eigenvalue weighted by molar-refractivity contribution is -0.127. The standard InChI is InChI=1S/C20H27F3N2O/c1-24(2)11-16-17-12-25(13-19(17)8-7-18(16)26-19)10-15-5-3-14(4-6-15)9-20(21,22)23/h3-6,16-18H,7-13H2,1-2H3/t16-,17+,18+,19+/m0/s1. The molecule has 3 fully saturated rings. The van der Waals surface area contributed by atoms with Crippen molar-refractivity contribution in [3.63, 3.8) is 0 Å². The normalized spacial score (nSPS) is 34.0. The minimum Gasteiger partial charge on any atom is -0.370 e. The van der Waals surface area contributed by atoms with E-state index in [1.807, 2.05) is 12.1 Å². The molecule has 0 aliphatic carbocycles. The fourth-order valence-electron chi connectivity index (χ4n) is 5.33. The largest absolute Gasteiger partial charge is 0.393 e. The second kappa shape index (κ2) is 6.50. The Morgan fingerprint density at radius 1 is 1.19 bits per heavy atom. The molecule has 6 heteroatoms. The maximum absolute atomic E-state index is 12.5.